The van der Waals surface area contributed by atoms with Gasteiger partial charge in [-0.3, -0.25) is 4.79 Å². The van der Waals surface area contributed by atoms with Gasteiger partial charge in [0.05, 0.1) is 12.3 Å². The Kier molecular flexibility index (Phi) is 2.90. The fourth-order valence-corrected chi connectivity index (χ4v) is 2.96. The molecule has 0 spiro atoms. The van der Waals surface area contributed by atoms with Crippen LogP contribution < -0.4 is 5.32 Å². The van der Waals surface area contributed by atoms with Crippen LogP contribution in [-0.2, 0) is 11.2 Å². The van der Waals surface area contributed by atoms with Crippen molar-refractivity contribution in [3.63, 3.8) is 0 Å². The summed E-state index contributed by atoms with van der Waals surface area (Å²) in [4.78, 5) is 11.8. The SMILES string of the molecule is CC1(Cc2ccco2)CC(=O)NC1c1ccccc1. The number of carbonyl (C=O) groups is 1. The Morgan fingerprint density at radius 2 is 2.05 bits per heavy atom. The van der Waals surface area contributed by atoms with Gasteiger partial charge in [0.1, 0.15) is 5.76 Å². The van der Waals surface area contributed by atoms with E-state index in [1.807, 2.05) is 30.3 Å². The maximum atomic E-state index is 11.8. The Morgan fingerprint density at radius 3 is 2.74 bits per heavy atom. The second-order valence-electron chi connectivity index (χ2n) is 5.50. The minimum Gasteiger partial charge on any atom is -0.469 e. The zero-order chi connectivity index (χ0) is 13.3. The van der Waals surface area contributed by atoms with Crippen molar-refractivity contribution in [3.05, 3.63) is 60.1 Å². The van der Waals surface area contributed by atoms with E-state index in [-0.39, 0.29) is 17.4 Å². The number of carbonyl (C=O) groups excluding carboxylic acids is 1. The third-order valence-corrected chi connectivity index (χ3v) is 3.86. The van der Waals surface area contributed by atoms with Gasteiger partial charge in [-0.25, -0.2) is 0 Å². The van der Waals surface area contributed by atoms with Crippen molar-refractivity contribution in [1.82, 2.24) is 5.32 Å². The summed E-state index contributed by atoms with van der Waals surface area (Å²) in [5.41, 5.74) is 1.01. The van der Waals surface area contributed by atoms with Crippen LogP contribution in [0.3, 0.4) is 0 Å². The number of nitrogens with one attached hydrogen (secondary N) is 1. The van der Waals surface area contributed by atoms with Gasteiger partial charge in [-0.05, 0) is 17.7 Å². The fourth-order valence-electron chi connectivity index (χ4n) is 2.96. The molecule has 98 valence electrons. The van der Waals surface area contributed by atoms with E-state index < -0.39 is 0 Å². The van der Waals surface area contributed by atoms with Crippen LogP contribution in [0.4, 0.5) is 0 Å². The molecule has 2 atom stereocenters. The van der Waals surface area contributed by atoms with Crippen molar-refractivity contribution in [2.24, 2.45) is 5.41 Å². The molecule has 2 aromatic rings. The van der Waals surface area contributed by atoms with Gasteiger partial charge in [-0.15, -0.1) is 0 Å². The lowest BCUT2D eigenvalue weighted by Gasteiger charge is -2.29. The second kappa shape index (κ2) is 4.57. The molecular weight excluding hydrogens is 238 g/mol. The molecule has 1 amide bonds. The van der Waals surface area contributed by atoms with Crippen LogP contribution in [0.5, 0.6) is 0 Å². The van der Waals surface area contributed by atoms with Crippen LogP contribution in [0.25, 0.3) is 0 Å². The summed E-state index contributed by atoms with van der Waals surface area (Å²) in [5, 5.41) is 3.09. The Bertz CT molecular complexity index is 562. The number of rotatable bonds is 3. The van der Waals surface area contributed by atoms with Crippen LogP contribution in [0.1, 0.15) is 30.7 Å². The van der Waals surface area contributed by atoms with E-state index in [1.165, 1.54) is 0 Å². The normalized spacial score (nSPS) is 26.4. The first-order valence-electron chi connectivity index (χ1n) is 6.54. The second-order valence-corrected chi connectivity index (χ2v) is 5.50. The van der Waals surface area contributed by atoms with Gasteiger partial charge < -0.3 is 9.73 Å². The topological polar surface area (TPSA) is 42.2 Å². The molecular formula is C16H17NO2. The highest BCUT2D eigenvalue weighted by Gasteiger charge is 2.44. The summed E-state index contributed by atoms with van der Waals surface area (Å²) in [6.07, 6.45) is 2.98. The molecule has 1 saturated heterocycles. The van der Waals surface area contributed by atoms with E-state index in [9.17, 15) is 4.79 Å². The Labute approximate surface area is 112 Å². The average molecular weight is 255 g/mol. The summed E-state index contributed by atoms with van der Waals surface area (Å²) in [7, 11) is 0. The largest absolute Gasteiger partial charge is 0.469 e. The summed E-state index contributed by atoms with van der Waals surface area (Å²) >= 11 is 0. The van der Waals surface area contributed by atoms with Crippen molar-refractivity contribution in [3.8, 4) is 0 Å². The van der Waals surface area contributed by atoms with E-state index in [4.69, 9.17) is 4.42 Å². The van der Waals surface area contributed by atoms with E-state index in [0.29, 0.717) is 6.42 Å². The molecule has 1 aromatic heterocycles. The minimum atomic E-state index is -0.143. The zero-order valence-electron chi connectivity index (χ0n) is 10.9. The zero-order valence-corrected chi connectivity index (χ0v) is 10.9. The van der Waals surface area contributed by atoms with Gasteiger partial charge in [0.25, 0.3) is 0 Å². The molecule has 3 rings (SSSR count). The third-order valence-electron chi connectivity index (χ3n) is 3.86. The summed E-state index contributed by atoms with van der Waals surface area (Å²) in [5.74, 6) is 1.04. The molecule has 0 bridgehead atoms. The molecule has 1 aliphatic heterocycles. The lowest BCUT2D eigenvalue weighted by Crippen LogP contribution is -2.28. The molecule has 1 aromatic carbocycles. The Morgan fingerprint density at radius 1 is 1.26 bits per heavy atom. The molecule has 1 fully saturated rings. The third kappa shape index (κ3) is 2.28. The number of hydrogen-bond donors (Lipinski definition) is 1. The lowest BCUT2D eigenvalue weighted by atomic mass is 9.76. The van der Waals surface area contributed by atoms with Crippen LogP contribution >= 0.6 is 0 Å². The predicted molar refractivity (Wildman–Crippen MR) is 72.5 cm³/mol. The number of hydrogen-bond acceptors (Lipinski definition) is 2. The highest BCUT2D eigenvalue weighted by atomic mass is 16.3. The molecule has 0 saturated carbocycles. The Hall–Kier alpha value is -2.03. The van der Waals surface area contributed by atoms with Crippen molar-refractivity contribution < 1.29 is 9.21 Å². The van der Waals surface area contributed by atoms with Gasteiger partial charge >= 0.3 is 0 Å². The number of furan rings is 1. The van der Waals surface area contributed by atoms with Crippen molar-refractivity contribution >= 4 is 5.91 Å². The Balaban J connectivity index is 1.91. The van der Waals surface area contributed by atoms with Crippen LogP contribution in [0.2, 0.25) is 0 Å². The molecule has 2 unspecified atom stereocenters. The van der Waals surface area contributed by atoms with E-state index in [1.54, 1.807) is 6.26 Å². The first-order chi connectivity index (χ1) is 9.17. The average Bonchev–Trinajstić information content (AvgIpc) is 2.99. The van der Waals surface area contributed by atoms with E-state index in [2.05, 4.69) is 24.4 Å². The summed E-state index contributed by atoms with van der Waals surface area (Å²) in [6.45, 7) is 2.14. The van der Waals surface area contributed by atoms with Gasteiger partial charge in [0.2, 0.25) is 5.91 Å². The maximum Gasteiger partial charge on any atom is 0.221 e. The smallest absolute Gasteiger partial charge is 0.221 e. The molecule has 2 heterocycles. The van der Waals surface area contributed by atoms with Gasteiger partial charge in [-0.2, -0.15) is 0 Å². The lowest BCUT2D eigenvalue weighted by molar-refractivity contribution is -0.119. The summed E-state index contributed by atoms with van der Waals surface area (Å²) in [6, 6.07) is 14.0. The van der Waals surface area contributed by atoms with Crippen molar-refractivity contribution in [2.75, 3.05) is 0 Å². The standard InChI is InChI=1S/C16H17NO2/c1-16(10-13-8-5-9-19-13)11-14(18)17-15(16)12-6-3-2-4-7-12/h2-9,15H,10-11H2,1H3,(H,17,18). The molecule has 3 nitrogen and oxygen atoms in total. The first-order valence-corrected chi connectivity index (χ1v) is 6.54. The molecule has 0 aliphatic carbocycles. The quantitative estimate of drug-likeness (QED) is 0.915. The number of amides is 1. The monoisotopic (exact) mass is 255 g/mol. The van der Waals surface area contributed by atoms with Crippen LogP contribution in [0, 0.1) is 5.41 Å². The van der Waals surface area contributed by atoms with Gasteiger partial charge in [0.15, 0.2) is 0 Å². The van der Waals surface area contributed by atoms with E-state index in [0.717, 1.165) is 17.7 Å². The molecule has 1 N–H and O–H groups in total. The maximum absolute atomic E-state index is 11.8. The minimum absolute atomic E-state index is 0.0475. The van der Waals surface area contributed by atoms with Crippen molar-refractivity contribution in [2.45, 2.75) is 25.8 Å². The molecule has 3 heteroatoms. The first kappa shape index (κ1) is 12.0. The van der Waals surface area contributed by atoms with Crippen LogP contribution in [0.15, 0.2) is 53.1 Å². The summed E-state index contributed by atoms with van der Waals surface area (Å²) < 4.78 is 5.44. The highest BCUT2D eigenvalue weighted by Crippen LogP contribution is 2.44. The van der Waals surface area contributed by atoms with E-state index >= 15 is 0 Å². The van der Waals surface area contributed by atoms with Crippen LogP contribution in [-0.4, -0.2) is 5.91 Å². The molecule has 1 aliphatic rings. The van der Waals surface area contributed by atoms with Gasteiger partial charge in [-0.1, -0.05) is 37.3 Å². The van der Waals surface area contributed by atoms with Gasteiger partial charge in [0, 0.05) is 18.3 Å². The van der Waals surface area contributed by atoms with Crippen molar-refractivity contribution in [1.29, 1.82) is 0 Å². The predicted octanol–water partition coefficient (Wildman–Crippen LogP) is 3.09. The number of benzene rings is 1. The molecule has 0 radical (unpaired) electrons. The highest BCUT2D eigenvalue weighted by molar-refractivity contribution is 5.80. The molecule has 19 heavy (non-hydrogen) atoms. The fraction of sp³-hybridized carbons (Fsp3) is 0.312.